The zero-order valence-corrected chi connectivity index (χ0v) is 21.2. The van der Waals surface area contributed by atoms with Gasteiger partial charge in [-0.25, -0.2) is 8.42 Å². The van der Waals surface area contributed by atoms with Crippen LogP contribution in [0.2, 0.25) is 0 Å². The molecule has 6 nitrogen and oxygen atoms in total. The van der Waals surface area contributed by atoms with Crippen LogP contribution < -0.4 is 10.1 Å². The van der Waals surface area contributed by atoms with Crippen molar-refractivity contribution in [1.82, 2.24) is 10.2 Å². The van der Waals surface area contributed by atoms with E-state index in [4.69, 9.17) is 4.74 Å². The minimum atomic E-state index is -3.38. The Kier molecular flexibility index (Phi) is 11.2. The minimum Gasteiger partial charge on any atom is -0.496 e. The van der Waals surface area contributed by atoms with E-state index in [9.17, 15) is 8.42 Å². The summed E-state index contributed by atoms with van der Waals surface area (Å²) < 4.78 is 31.0. The Balaban J connectivity index is 0.00000450. The van der Waals surface area contributed by atoms with Crippen LogP contribution in [0.1, 0.15) is 25.8 Å². The average molecular weight is 545 g/mol. The third kappa shape index (κ3) is 7.46. The molecule has 2 aromatic rings. The van der Waals surface area contributed by atoms with Crippen molar-refractivity contribution in [3.8, 4) is 5.75 Å². The van der Waals surface area contributed by atoms with Gasteiger partial charge in [-0.2, -0.15) is 0 Å². The molecule has 2 rings (SSSR count). The number of ether oxygens (including phenoxy) is 1. The van der Waals surface area contributed by atoms with Crippen molar-refractivity contribution in [3.63, 3.8) is 0 Å². The summed E-state index contributed by atoms with van der Waals surface area (Å²) in [5.74, 6) is 1.50. The first-order valence-corrected chi connectivity index (χ1v) is 11.5. The van der Waals surface area contributed by atoms with Gasteiger partial charge in [0.2, 0.25) is 0 Å². The number of nitrogens with zero attached hydrogens (tertiary/aromatic N) is 2. The highest BCUT2D eigenvalue weighted by Gasteiger charge is 2.22. The van der Waals surface area contributed by atoms with Gasteiger partial charge in [-0.15, -0.1) is 24.0 Å². The van der Waals surface area contributed by atoms with Crippen molar-refractivity contribution >= 4 is 39.8 Å². The number of aliphatic imine (C=N–C) groups is 1. The Bertz CT molecular complexity index is 905. The van der Waals surface area contributed by atoms with Gasteiger partial charge < -0.3 is 15.0 Å². The second-order valence-electron chi connectivity index (χ2n) is 6.81. The van der Waals surface area contributed by atoms with Crippen LogP contribution in [0, 0.1) is 0 Å². The van der Waals surface area contributed by atoms with Crippen LogP contribution in [-0.2, 0) is 16.4 Å². The molecule has 1 N–H and O–H groups in total. The fourth-order valence-corrected chi connectivity index (χ4v) is 4.64. The lowest BCUT2D eigenvalue weighted by molar-refractivity contribution is 0.394. The van der Waals surface area contributed by atoms with Gasteiger partial charge in [0.1, 0.15) is 5.75 Å². The summed E-state index contributed by atoms with van der Waals surface area (Å²) in [6.45, 7) is 5.13. The van der Waals surface area contributed by atoms with E-state index in [2.05, 4.69) is 10.3 Å². The highest BCUT2D eigenvalue weighted by molar-refractivity contribution is 14.0. The molecular formula is C22H32IN3O3S. The molecule has 0 spiro atoms. The Morgan fingerprint density at radius 2 is 1.73 bits per heavy atom. The Morgan fingerprint density at radius 3 is 2.33 bits per heavy atom. The molecule has 8 heteroatoms. The van der Waals surface area contributed by atoms with Crippen LogP contribution >= 0.6 is 24.0 Å². The summed E-state index contributed by atoms with van der Waals surface area (Å²) in [5.41, 5.74) is 1.04. The molecule has 0 aromatic heterocycles. The molecule has 1 atom stereocenters. The van der Waals surface area contributed by atoms with Crippen LogP contribution in [0.3, 0.4) is 0 Å². The molecule has 0 heterocycles. The van der Waals surface area contributed by atoms with E-state index in [-0.39, 0.29) is 35.8 Å². The molecule has 2 aromatic carbocycles. The molecule has 0 amide bonds. The normalized spacial score (nSPS) is 12.6. The van der Waals surface area contributed by atoms with E-state index in [0.29, 0.717) is 30.4 Å². The van der Waals surface area contributed by atoms with Crippen molar-refractivity contribution in [2.75, 3.05) is 26.5 Å². The van der Waals surface area contributed by atoms with Gasteiger partial charge in [-0.1, -0.05) is 43.3 Å². The Labute approximate surface area is 197 Å². The number of guanidine groups is 1. The van der Waals surface area contributed by atoms with Crippen molar-refractivity contribution in [1.29, 1.82) is 0 Å². The number of para-hydroxylation sites is 1. The lowest BCUT2D eigenvalue weighted by atomic mass is 10.2. The molecule has 30 heavy (non-hydrogen) atoms. The van der Waals surface area contributed by atoms with Crippen LogP contribution in [0.25, 0.3) is 0 Å². The van der Waals surface area contributed by atoms with E-state index in [1.165, 1.54) is 0 Å². The van der Waals surface area contributed by atoms with Gasteiger partial charge in [0.25, 0.3) is 0 Å². The average Bonchev–Trinajstić information content (AvgIpc) is 2.73. The monoisotopic (exact) mass is 545 g/mol. The molecule has 0 radical (unpaired) electrons. The molecule has 166 valence electrons. The summed E-state index contributed by atoms with van der Waals surface area (Å²) in [4.78, 5) is 6.89. The molecule has 0 aliphatic heterocycles. The first-order valence-electron chi connectivity index (χ1n) is 9.83. The quantitative estimate of drug-likeness (QED) is 0.294. The number of nitrogens with one attached hydrogen (secondary N) is 1. The largest absolute Gasteiger partial charge is 0.496 e. The zero-order valence-electron chi connectivity index (χ0n) is 18.0. The van der Waals surface area contributed by atoms with E-state index < -0.39 is 9.84 Å². The number of rotatable bonds is 9. The van der Waals surface area contributed by atoms with E-state index in [0.717, 1.165) is 11.3 Å². The van der Waals surface area contributed by atoms with Crippen LogP contribution in [0.5, 0.6) is 5.75 Å². The smallest absolute Gasteiger partial charge is 0.194 e. The minimum absolute atomic E-state index is 0. The molecule has 0 aliphatic rings. The number of halogens is 1. The molecule has 0 aliphatic carbocycles. The van der Waals surface area contributed by atoms with Gasteiger partial charge in [-0.3, -0.25) is 4.99 Å². The highest BCUT2D eigenvalue weighted by Crippen LogP contribution is 2.19. The van der Waals surface area contributed by atoms with Crippen molar-refractivity contribution < 1.29 is 13.2 Å². The van der Waals surface area contributed by atoms with E-state index in [1.807, 2.05) is 56.1 Å². The summed E-state index contributed by atoms with van der Waals surface area (Å²) in [6.07, 6.45) is 0.664. The van der Waals surface area contributed by atoms with Crippen LogP contribution in [-0.4, -0.2) is 51.8 Å². The SMILES string of the molecule is CCN=C(NC(CC)CS(=O)(=O)c1ccccc1)N(C)Cc1ccccc1OC.I. The lowest BCUT2D eigenvalue weighted by Gasteiger charge is -2.27. The van der Waals surface area contributed by atoms with Crippen molar-refractivity contribution in [2.24, 2.45) is 4.99 Å². The number of sulfone groups is 1. The van der Waals surface area contributed by atoms with Crippen molar-refractivity contribution in [2.45, 2.75) is 37.8 Å². The van der Waals surface area contributed by atoms with E-state index in [1.54, 1.807) is 31.4 Å². The van der Waals surface area contributed by atoms with Gasteiger partial charge >= 0.3 is 0 Å². The summed E-state index contributed by atoms with van der Waals surface area (Å²) in [5, 5.41) is 3.34. The zero-order chi connectivity index (χ0) is 21.3. The number of hydrogen-bond donors (Lipinski definition) is 1. The first-order chi connectivity index (χ1) is 13.9. The van der Waals surface area contributed by atoms with Crippen molar-refractivity contribution in [3.05, 3.63) is 60.2 Å². The highest BCUT2D eigenvalue weighted by atomic mass is 127. The molecule has 0 bridgehead atoms. The maximum absolute atomic E-state index is 12.8. The summed E-state index contributed by atoms with van der Waals surface area (Å²) in [6, 6.07) is 16.2. The Morgan fingerprint density at radius 1 is 1.10 bits per heavy atom. The Hall–Kier alpha value is -1.81. The standard InChI is InChI=1S/C22H31N3O3S.HI/c1-5-19(17-29(26,27)20-13-8-7-9-14-20)24-22(23-6-2)25(3)16-18-12-10-11-15-21(18)28-4;/h7-15,19H,5-6,16-17H2,1-4H3,(H,23,24);1H. The number of benzene rings is 2. The molecular weight excluding hydrogens is 513 g/mol. The topological polar surface area (TPSA) is 71.0 Å². The lowest BCUT2D eigenvalue weighted by Crippen LogP contribution is -2.46. The maximum Gasteiger partial charge on any atom is 0.194 e. The van der Waals surface area contributed by atoms with Gasteiger partial charge in [-0.05, 0) is 31.5 Å². The maximum atomic E-state index is 12.8. The van der Waals surface area contributed by atoms with E-state index >= 15 is 0 Å². The second-order valence-corrected chi connectivity index (χ2v) is 8.84. The molecule has 1 unspecified atom stereocenters. The predicted octanol–water partition coefficient (Wildman–Crippen LogP) is 3.96. The summed E-state index contributed by atoms with van der Waals surface area (Å²) in [7, 11) is 0.206. The summed E-state index contributed by atoms with van der Waals surface area (Å²) >= 11 is 0. The van der Waals surface area contributed by atoms with Gasteiger partial charge in [0, 0.05) is 31.7 Å². The van der Waals surface area contributed by atoms with Crippen LogP contribution in [0.15, 0.2) is 64.5 Å². The third-order valence-electron chi connectivity index (χ3n) is 4.62. The van der Waals surface area contributed by atoms with Gasteiger partial charge in [0.05, 0.1) is 17.8 Å². The fourth-order valence-electron chi connectivity index (χ4n) is 3.02. The third-order valence-corrected chi connectivity index (χ3v) is 6.45. The number of hydrogen-bond acceptors (Lipinski definition) is 4. The molecule has 0 fully saturated rings. The van der Waals surface area contributed by atoms with Gasteiger partial charge in [0.15, 0.2) is 15.8 Å². The molecule has 0 saturated carbocycles. The molecule has 0 saturated heterocycles. The second kappa shape index (κ2) is 12.8. The predicted molar refractivity (Wildman–Crippen MR) is 134 cm³/mol. The van der Waals surface area contributed by atoms with Crippen LogP contribution in [0.4, 0.5) is 0 Å². The number of methoxy groups -OCH3 is 1. The first kappa shape index (κ1) is 26.2. The fraction of sp³-hybridized carbons (Fsp3) is 0.409.